The predicted molar refractivity (Wildman–Crippen MR) is 103 cm³/mol. The van der Waals surface area contributed by atoms with Gasteiger partial charge in [0.15, 0.2) is 6.61 Å². The molecular formula is C20H23F3N4O2. The van der Waals surface area contributed by atoms with Crippen molar-refractivity contribution in [1.82, 2.24) is 15.2 Å². The molecule has 6 nitrogen and oxygen atoms in total. The number of alkyl halides is 3. The molecule has 0 unspecified atom stereocenters. The number of amides is 1. The first-order chi connectivity index (χ1) is 13.8. The lowest BCUT2D eigenvalue weighted by Gasteiger charge is -2.34. The first-order valence-corrected chi connectivity index (χ1v) is 9.27. The zero-order chi connectivity index (χ0) is 20.9. The second-order valence-corrected chi connectivity index (χ2v) is 6.84. The van der Waals surface area contributed by atoms with Crippen LogP contribution in [0.4, 0.5) is 19.0 Å². The van der Waals surface area contributed by atoms with E-state index in [1.54, 1.807) is 12.3 Å². The third-order valence-corrected chi connectivity index (χ3v) is 4.70. The van der Waals surface area contributed by atoms with Crippen molar-refractivity contribution in [3.8, 4) is 5.75 Å². The largest absolute Gasteiger partial charge is 0.483 e. The van der Waals surface area contributed by atoms with Gasteiger partial charge < -0.3 is 19.9 Å². The van der Waals surface area contributed by atoms with E-state index in [1.807, 2.05) is 6.07 Å². The van der Waals surface area contributed by atoms with E-state index in [-0.39, 0.29) is 12.3 Å². The third-order valence-electron chi connectivity index (χ3n) is 4.70. The fourth-order valence-electron chi connectivity index (χ4n) is 3.09. The minimum atomic E-state index is -4.54. The van der Waals surface area contributed by atoms with Crippen molar-refractivity contribution in [3.05, 3.63) is 53.7 Å². The molecule has 1 aromatic heterocycles. The number of ether oxygens (including phenoxy) is 1. The van der Waals surface area contributed by atoms with Crippen LogP contribution in [0.5, 0.6) is 5.75 Å². The zero-order valence-electron chi connectivity index (χ0n) is 16.1. The van der Waals surface area contributed by atoms with E-state index >= 15 is 0 Å². The van der Waals surface area contributed by atoms with E-state index in [9.17, 15) is 18.0 Å². The van der Waals surface area contributed by atoms with Gasteiger partial charge >= 0.3 is 6.18 Å². The Bertz CT molecular complexity index is 836. The Balaban J connectivity index is 1.57. The number of hydrogen-bond acceptors (Lipinski definition) is 5. The molecule has 29 heavy (non-hydrogen) atoms. The average Bonchev–Trinajstić information content (AvgIpc) is 2.71. The topological polar surface area (TPSA) is 57.7 Å². The van der Waals surface area contributed by atoms with Gasteiger partial charge in [-0.1, -0.05) is 18.2 Å². The lowest BCUT2D eigenvalue weighted by atomic mass is 10.2. The molecule has 1 aromatic carbocycles. The average molecular weight is 408 g/mol. The van der Waals surface area contributed by atoms with Crippen LogP contribution in [0.1, 0.15) is 11.1 Å². The summed E-state index contributed by atoms with van der Waals surface area (Å²) in [5, 5.41) is 2.69. The molecule has 3 rings (SSSR count). The number of halogens is 3. The summed E-state index contributed by atoms with van der Waals surface area (Å²) in [4.78, 5) is 21.0. The third kappa shape index (κ3) is 5.60. The van der Waals surface area contributed by atoms with Gasteiger partial charge in [0.25, 0.3) is 5.91 Å². The van der Waals surface area contributed by atoms with Crippen LogP contribution in [-0.2, 0) is 17.5 Å². The summed E-state index contributed by atoms with van der Waals surface area (Å²) < 4.78 is 44.1. The Kier molecular flexibility index (Phi) is 6.58. The van der Waals surface area contributed by atoms with E-state index in [1.165, 1.54) is 18.2 Å². The minimum absolute atomic E-state index is 0.221. The Morgan fingerprint density at radius 2 is 1.86 bits per heavy atom. The standard InChI is InChI=1S/C20H23F3N4O2/c1-26-9-11-27(12-10-26)19-15(5-4-8-24-19)13-25-18(28)14-29-17-7-3-2-6-16(17)20(21,22)23/h2-8H,9-14H2,1H3,(H,25,28). The predicted octanol–water partition coefficient (Wildman–Crippen LogP) is 2.55. The lowest BCUT2D eigenvalue weighted by Crippen LogP contribution is -2.45. The van der Waals surface area contributed by atoms with Gasteiger partial charge in [-0.05, 0) is 25.2 Å². The highest BCUT2D eigenvalue weighted by atomic mass is 19.4. The molecule has 1 amide bonds. The van der Waals surface area contributed by atoms with Crippen molar-refractivity contribution >= 4 is 11.7 Å². The van der Waals surface area contributed by atoms with Crippen molar-refractivity contribution in [2.75, 3.05) is 44.7 Å². The molecule has 0 spiro atoms. The fourth-order valence-corrected chi connectivity index (χ4v) is 3.09. The maximum Gasteiger partial charge on any atom is 0.419 e. The molecule has 0 bridgehead atoms. The molecule has 2 aromatic rings. The number of pyridine rings is 1. The van der Waals surface area contributed by atoms with Gasteiger partial charge in [0.2, 0.25) is 0 Å². The van der Waals surface area contributed by atoms with E-state index < -0.39 is 24.3 Å². The molecule has 2 heterocycles. The fraction of sp³-hybridized carbons (Fsp3) is 0.400. The summed E-state index contributed by atoms with van der Waals surface area (Å²) in [6, 6.07) is 8.49. The molecule has 1 aliphatic heterocycles. The van der Waals surface area contributed by atoms with Crippen LogP contribution in [0.3, 0.4) is 0 Å². The van der Waals surface area contributed by atoms with Crippen molar-refractivity contribution in [1.29, 1.82) is 0 Å². The molecule has 1 aliphatic rings. The van der Waals surface area contributed by atoms with Crippen molar-refractivity contribution in [3.63, 3.8) is 0 Å². The first kappa shape index (κ1) is 20.9. The maximum atomic E-state index is 13.0. The van der Waals surface area contributed by atoms with E-state index in [0.29, 0.717) is 0 Å². The summed E-state index contributed by atoms with van der Waals surface area (Å²) in [6.45, 7) is 3.25. The van der Waals surface area contributed by atoms with E-state index in [2.05, 4.69) is 27.1 Å². The highest BCUT2D eigenvalue weighted by molar-refractivity contribution is 5.77. The number of anilines is 1. The normalized spacial score (nSPS) is 15.2. The highest BCUT2D eigenvalue weighted by Gasteiger charge is 2.34. The smallest absolute Gasteiger partial charge is 0.419 e. The number of nitrogens with one attached hydrogen (secondary N) is 1. The number of likely N-dealkylation sites (N-methyl/N-ethyl adjacent to an activating group) is 1. The number of benzene rings is 1. The van der Waals surface area contributed by atoms with Crippen molar-refractivity contribution < 1.29 is 22.7 Å². The Labute approximate surface area is 167 Å². The molecule has 1 fully saturated rings. The molecule has 156 valence electrons. The van der Waals surface area contributed by atoms with Crippen molar-refractivity contribution in [2.45, 2.75) is 12.7 Å². The highest BCUT2D eigenvalue weighted by Crippen LogP contribution is 2.35. The molecule has 0 saturated carbocycles. The molecule has 0 atom stereocenters. The van der Waals surface area contributed by atoms with Gasteiger partial charge in [0, 0.05) is 44.5 Å². The second-order valence-electron chi connectivity index (χ2n) is 6.84. The lowest BCUT2D eigenvalue weighted by molar-refractivity contribution is -0.139. The van der Waals surface area contributed by atoms with Gasteiger partial charge in [-0.3, -0.25) is 4.79 Å². The number of piperazine rings is 1. The summed E-state index contributed by atoms with van der Waals surface area (Å²) in [6.07, 6.45) is -2.84. The SMILES string of the molecule is CN1CCN(c2ncccc2CNC(=O)COc2ccccc2C(F)(F)F)CC1. The Hall–Kier alpha value is -2.81. The number of nitrogens with zero attached hydrogens (tertiary/aromatic N) is 3. The van der Waals surface area contributed by atoms with Crippen LogP contribution in [0.2, 0.25) is 0 Å². The maximum absolute atomic E-state index is 13.0. The number of para-hydroxylation sites is 1. The number of aromatic nitrogens is 1. The number of rotatable bonds is 6. The summed E-state index contributed by atoms with van der Waals surface area (Å²) in [5.74, 6) is -0.0611. The van der Waals surface area contributed by atoms with Gasteiger partial charge in [-0.2, -0.15) is 13.2 Å². The van der Waals surface area contributed by atoms with Crippen LogP contribution >= 0.6 is 0 Å². The van der Waals surface area contributed by atoms with Gasteiger partial charge in [-0.15, -0.1) is 0 Å². The molecule has 0 aliphatic carbocycles. The van der Waals surface area contributed by atoms with Gasteiger partial charge in [-0.25, -0.2) is 4.98 Å². The molecule has 9 heteroatoms. The summed E-state index contributed by atoms with van der Waals surface area (Å²) in [5.41, 5.74) is -0.0569. The number of hydrogen-bond donors (Lipinski definition) is 1. The molecular weight excluding hydrogens is 385 g/mol. The van der Waals surface area contributed by atoms with Gasteiger partial charge in [0.05, 0.1) is 5.56 Å². The van der Waals surface area contributed by atoms with E-state index in [4.69, 9.17) is 4.74 Å². The zero-order valence-corrected chi connectivity index (χ0v) is 16.1. The molecule has 1 N–H and O–H groups in total. The molecule has 1 saturated heterocycles. The minimum Gasteiger partial charge on any atom is -0.483 e. The van der Waals surface area contributed by atoms with Gasteiger partial charge in [0.1, 0.15) is 11.6 Å². The monoisotopic (exact) mass is 408 g/mol. The van der Waals surface area contributed by atoms with Crippen LogP contribution in [0.25, 0.3) is 0 Å². The van der Waals surface area contributed by atoms with Crippen LogP contribution in [-0.4, -0.2) is 55.6 Å². The second kappa shape index (κ2) is 9.13. The van der Waals surface area contributed by atoms with Crippen LogP contribution in [0, 0.1) is 0 Å². The number of carbonyl (C=O) groups excluding carboxylic acids is 1. The number of carbonyl (C=O) groups is 1. The summed E-state index contributed by atoms with van der Waals surface area (Å²) >= 11 is 0. The Morgan fingerprint density at radius 1 is 1.14 bits per heavy atom. The molecule has 0 radical (unpaired) electrons. The van der Waals surface area contributed by atoms with Crippen LogP contribution in [0.15, 0.2) is 42.6 Å². The van der Waals surface area contributed by atoms with E-state index in [0.717, 1.165) is 43.6 Å². The van der Waals surface area contributed by atoms with Crippen molar-refractivity contribution in [2.24, 2.45) is 0 Å². The summed E-state index contributed by atoms with van der Waals surface area (Å²) in [7, 11) is 2.06. The van der Waals surface area contributed by atoms with Crippen LogP contribution < -0.4 is 15.0 Å². The quantitative estimate of drug-likeness (QED) is 0.796. The first-order valence-electron chi connectivity index (χ1n) is 9.27. The Morgan fingerprint density at radius 3 is 2.59 bits per heavy atom.